The second kappa shape index (κ2) is 5.39. The van der Waals surface area contributed by atoms with Gasteiger partial charge in [0.25, 0.3) is 0 Å². The summed E-state index contributed by atoms with van der Waals surface area (Å²) in [5, 5.41) is 45.9. The van der Waals surface area contributed by atoms with Crippen LogP contribution in [0.1, 0.15) is 5.69 Å². The number of ether oxygens (including phenoxy) is 1. The van der Waals surface area contributed by atoms with Crippen molar-refractivity contribution < 1.29 is 25.2 Å². The van der Waals surface area contributed by atoms with Crippen LogP contribution in [0.5, 0.6) is 0 Å². The van der Waals surface area contributed by atoms with Crippen molar-refractivity contribution in [1.29, 1.82) is 0 Å². The summed E-state index contributed by atoms with van der Waals surface area (Å²) in [6.45, 7) is -0.607. The molecule has 110 valence electrons. The second-order valence-corrected chi connectivity index (χ2v) is 5.60. The van der Waals surface area contributed by atoms with E-state index in [4.69, 9.17) is 14.9 Å². The topological polar surface area (TPSA) is 133 Å². The quantitative estimate of drug-likeness (QED) is 0.472. The molecule has 2 aliphatic heterocycles. The SMILES string of the molecule is OCc1cn(C2=N[C@@H]3[C@@H](O)[C@H](O)[C@@H](CO)O[C@@H]3S2)nn1. The lowest BCUT2D eigenvalue weighted by Gasteiger charge is -2.37. The molecule has 1 fully saturated rings. The molecule has 0 saturated carbocycles. The molecule has 3 rings (SSSR count). The lowest BCUT2D eigenvalue weighted by Crippen LogP contribution is -2.55. The maximum absolute atomic E-state index is 10.0. The van der Waals surface area contributed by atoms with E-state index in [1.165, 1.54) is 22.6 Å². The van der Waals surface area contributed by atoms with Gasteiger partial charge < -0.3 is 25.2 Å². The lowest BCUT2D eigenvalue weighted by molar-refractivity contribution is -0.164. The van der Waals surface area contributed by atoms with Gasteiger partial charge in [0, 0.05) is 0 Å². The minimum atomic E-state index is -1.19. The Labute approximate surface area is 117 Å². The molecule has 3 heterocycles. The molecule has 5 atom stereocenters. The van der Waals surface area contributed by atoms with E-state index in [2.05, 4.69) is 15.3 Å². The third-order valence-corrected chi connectivity index (χ3v) is 4.35. The fraction of sp³-hybridized carbons (Fsp3) is 0.700. The van der Waals surface area contributed by atoms with Crippen molar-refractivity contribution in [3.63, 3.8) is 0 Å². The van der Waals surface area contributed by atoms with E-state index in [0.717, 1.165) is 0 Å². The Balaban J connectivity index is 1.81. The summed E-state index contributed by atoms with van der Waals surface area (Å²) in [6, 6.07) is -0.630. The Kier molecular flexibility index (Phi) is 3.75. The van der Waals surface area contributed by atoms with Crippen LogP contribution >= 0.6 is 11.8 Å². The highest BCUT2D eigenvalue weighted by Gasteiger charge is 2.48. The van der Waals surface area contributed by atoms with E-state index >= 15 is 0 Å². The third kappa shape index (κ3) is 2.24. The van der Waals surface area contributed by atoms with Gasteiger partial charge in [0.1, 0.15) is 35.5 Å². The molecule has 0 spiro atoms. The summed E-state index contributed by atoms with van der Waals surface area (Å²) in [5.74, 6) is 0. The zero-order valence-corrected chi connectivity index (χ0v) is 11.1. The Bertz CT molecular complexity index is 524. The average molecular weight is 302 g/mol. The molecule has 2 aliphatic rings. The van der Waals surface area contributed by atoms with Crippen molar-refractivity contribution in [1.82, 2.24) is 15.0 Å². The maximum Gasteiger partial charge on any atom is 0.188 e. The van der Waals surface area contributed by atoms with Gasteiger partial charge in [0.05, 0.1) is 19.4 Å². The first-order chi connectivity index (χ1) is 9.63. The predicted octanol–water partition coefficient (Wildman–Crippen LogP) is -2.47. The van der Waals surface area contributed by atoms with Crippen LogP contribution < -0.4 is 0 Å². The van der Waals surface area contributed by atoms with Crippen LogP contribution in [0.25, 0.3) is 0 Å². The van der Waals surface area contributed by atoms with Crippen LogP contribution in [-0.2, 0) is 11.3 Å². The molecule has 0 amide bonds. The molecular formula is C10H14N4O5S. The average Bonchev–Trinajstić information content (AvgIpc) is 3.08. The van der Waals surface area contributed by atoms with E-state index in [1.54, 1.807) is 0 Å². The van der Waals surface area contributed by atoms with Crippen molar-refractivity contribution >= 4 is 16.9 Å². The second-order valence-electron chi connectivity index (χ2n) is 4.54. The first-order valence-electron chi connectivity index (χ1n) is 6.03. The van der Waals surface area contributed by atoms with Gasteiger partial charge in [0.2, 0.25) is 0 Å². The Morgan fingerprint density at radius 2 is 2.10 bits per heavy atom. The lowest BCUT2D eigenvalue weighted by atomic mass is 9.99. The summed E-state index contributed by atoms with van der Waals surface area (Å²) in [7, 11) is 0. The highest BCUT2D eigenvalue weighted by Crippen LogP contribution is 2.36. The number of aliphatic hydroxyl groups excluding tert-OH is 4. The number of rotatable bonds is 2. The molecule has 0 aliphatic carbocycles. The van der Waals surface area contributed by atoms with E-state index in [0.29, 0.717) is 10.9 Å². The first-order valence-corrected chi connectivity index (χ1v) is 6.91. The molecule has 4 N–H and O–H groups in total. The molecule has 20 heavy (non-hydrogen) atoms. The van der Waals surface area contributed by atoms with Crippen LogP contribution in [-0.4, -0.2) is 77.0 Å². The first kappa shape index (κ1) is 13.9. The van der Waals surface area contributed by atoms with Gasteiger partial charge >= 0.3 is 0 Å². The van der Waals surface area contributed by atoms with Crippen molar-refractivity contribution in [2.75, 3.05) is 6.61 Å². The van der Waals surface area contributed by atoms with Crippen molar-refractivity contribution in [3.05, 3.63) is 11.9 Å². The summed E-state index contributed by atoms with van der Waals surface area (Å²) >= 11 is 1.22. The number of hydrogen-bond acceptors (Lipinski definition) is 9. The molecule has 0 unspecified atom stereocenters. The summed E-state index contributed by atoms with van der Waals surface area (Å²) in [5.41, 5.74) is -0.0970. The number of aromatic nitrogens is 3. The van der Waals surface area contributed by atoms with Crippen LogP contribution in [0, 0.1) is 0 Å². The number of thioether (sulfide) groups is 1. The van der Waals surface area contributed by atoms with Crippen LogP contribution in [0.3, 0.4) is 0 Å². The Morgan fingerprint density at radius 3 is 2.75 bits per heavy atom. The number of fused-ring (bicyclic) bond motifs is 1. The predicted molar refractivity (Wildman–Crippen MR) is 67.9 cm³/mol. The maximum atomic E-state index is 10.0. The highest BCUT2D eigenvalue weighted by molar-refractivity contribution is 8.14. The zero-order valence-electron chi connectivity index (χ0n) is 10.3. The molecular weight excluding hydrogens is 288 g/mol. The monoisotopic (exact) mass is 302 g/mol. The Morgan fingerprint density at radius 1 is 1.30 bits per heavy atom. The van der Waals surface area contributed by atoms with Crippen LogP contribution in [0.2, 0.25) is 0 Å². The largest absolute Gasteiger partial charge is 0.394 e. The molecule has 10 heteroatoms. The van der Waals surface area contributed by atoms with E-state index < -0.39 is 29.8 Å². The summed E-state index contributed by atoms with van der Waals surface area (Å²) in [4.78, 5) is 4.27. The molecule has 1 aromatic rings. The van der Waals surface area contributed by atoms with Gasteiger partial charge in [-0.2, -0.15) is 4.68 Å². The minimum Gasteiger partial charge on any atom is -0.394 e. The van der Waals surface area contributed by atoms with Crippen molar-refractivity contribution in [2.45, 2.75) is 36.4 Å². The molecule has 0 aromatic carbocycles. The number of hydrogen-bond donors (Lipinski definition) is 4. The molecule has 1 aromatic heterocycles. The smallest absolute Gasteiger partial charge is 0.188 e. The fourth-order valence-corrected chi connectivity index (χ4v) is 3.29. The van der Waals surface area contributed by atoms with Gasteiger partial charge in [-0.1, -0.05) is 17.0 Å². The van der Waals surface area contributed by atoms with E-state index in [-0.39, 0.29) is 13.2 Å². The van der Waals surface area contributed by atoms with Gasteiger partial charge in [-0.15, -0.1) is 5.10 Å². The summed E-state index contributed by atoms with van der Waals surface area (Å²) < 4.78 is 6.88. The number of aliphatic imine (C=N–C) groups is 1. The number of nitrogens with zero attached hydrogens (tertiary/aromatic N) is 4. The van der Waals surface area contributed by atoms with Gasteiger partial charge in [0.15, 0.2) is 5.17 Å². The molecule has 0 radical (unpaired) electrons. The minimum absolute atomic E-state index is 0.227. The van der Waals surface area contributed by atoms with Crippen molar-refractivity contribution in [3.8, 4) is 0 Å². The standard InChI is InChI=1S/C10H14N4O5S/c15-2-4-1-14(13-12-4)10-11-6-8(18)7(17)5(3-16)19-9(6)20-10/h1,5-9,15-18H,2-3H2/t5-,6-,7-,8-,9-/m1/s1. The van der Waals surface area contributed by atoms with Crippen LogP contribution in [0.4, 0.5) is 0 Å². The van der Waals surface area contributed by atoms with Crippen LogP contribution in [0.15, 0.2) is 11.2 Å². The normalized spacial score (nSPS) is 36.8. The molecule has 1 saturated heterocycles. The van der Waals surface area contributed by atoms with E-state index in [9.17, 15) is 10.2 Å². The van der Waals surface area contributed by atoms with Gasteiger partial charge in [-0.25, -0.2) is 0 Å². The highest BCUT2D eigenvalue weighted by atomic mass is 32.2. The molecule has 0 bridgehead atoms. The third-order valence-electron chi connectivity index (χ3n) is 3.23. The Hall–Kier alpha value is -1.04. The van der Waals surface area contributed by atoms with Crippen molar-refractivity contribution in [2.24, 2.45) is 4.99 Å². The zero-order chi connectivity index (χ0) is 14.3. The van der Waals surface area contributed by atoms with Gasteiger partial charge in [-0.05, 0) is 0 Å². The van der Waals surface area contributed by atoms with E-state index in [1.807, 2.05) is 0 Å². The molecule has 9 nitrogen and oxygen atoms in total. The summed E-state index contributed by atoms with van der Waals surface area (Å²) in [6.07, 6.45) is -1.61. The fourth-order valence-electron chi connectivity index (χ4n) is 2.14. The number of aliphatic hydroxyl groups is 4. The van der Waals surface area contributed by atoms with Gasteiger partial charge in [-0.3, -0.25) is 4.99 Å².